The molecule has 0 atom stereocenters. The van der Waals surface area contributed by atoms with E-state index in [-0.39, 0.29) is 23.0 Å². The Morgan fingerprint density at radius 3 is 2.05 bits per heavy atom. The number of hydrogen-bond acceptors (Lipinski definition) is 3. The van der Waals surface area contributed by atoms with Crippen LogP contribution in [0.5, 0.6) is 0 Å². The lowest BCUT2D eigenvalue weighted by molar-refractivity contribution is -0.126. The van der Waals surface area contributed by atoms with Crippen LogP contribution < -0.4 is 10.6 Å². The molecule has 0 aliphatic rings. The molecule has 0 saturated heterocycles. The first-order valence-corrected chi connectivity index (χ1v) is 7.70. The smallest absolute Gasteiger partial charge is 0.222 e. The predicted octanol–water partition coefficient (Wildman–Crippen LogP) is 2.97. The summed E-state index contributed by atoms with van der Waals surface area (Å²) >= 11 is 0. The van der Waals surface area contributed by atoms with Gasteiger partial charge >= 0.3 is 0 Å². The number of rotatable bonds is 8. The van der Waals surface area contributed by atoms with Gasteiger partial charge in [-0.15, -0.1) is 0 Å². The highest BCUT2D eigenvalue weighted by molar-refractivity contribution is 5.78. The molecule has 0 radical (unpaired) electrons. The minimum atomic E-state index is -0.225. The fourth-order valence-corrected chi connectivity index (χ4v) is 1.60. The van der Waals surface area contributed by atoms with Crippen molar-refractivity contribution in [3.05, 3.63) is 0 Å². The predicted molar refractivity (Wildman–Crippen MR) is 87.0 cm³/mol. The van der Waals surface area contributed by atoms with Crippen LogP contribution in [0.25, 0.3) is 0 Å². The highest BCUT2D eigenvalue weighted by Crippen LogP contribution is 2.14. The molecule has 0 aromatic heterocycles. The fourth-order valence-electron chi connectivity index (χ4n) is 1.60. The molecular weight excluding hydrogens is 252 g/mol. The van der Waals surface area contributed by atoms with Gasteiger partial charge in [-0.3, -0.25) is 4.79 Å². The molecule has 0 aromatic rings. The van der Waals surface area contributed by atoms with Crippen molar-refractivity contribution < 1.29 is 9.53 Å². The number of hydrogen-bond donors (Lipinski definition) is 2. The van der Waals surface area contributed by atoms with Crippen LogP contribution in [0.3, 0.4) is 0 Å². The molecular formula is C16H36N2O2. The summed E-state index contributed by atoms with van der Waals surface area (Å²) in [6.45, 7) is 17.4. The van der Waals surface area contributed by atoms with Crippen LogP contribution in [-0.2, 0) is 9.53 Å². The third kappa shape index (κ3) is 11.2. The first kappa shape index (κ1) is 21.7. The van der Waals surface area contributed by atoms with Crippen LogP contribution in [0, 0.1) is 5.92 Å². The summed E-state index contributed by atoms with van der Waals surface area (Å²) in [7, 11) is 1.91. The monoisotopic (exact) mass is 288 g/mol. The molecule has 0 spiro atoms. The molecule has 1 amide bonds. The fraction of sp³-hybridized carbons (Fsp3) is 0.938. The van der Waals surface area contributed by atoms with Crippen LogP contribution in [0.2, 0.25) is 0 Å². The maximum absolute atomic E-state index is 11.7. The van der Waals surface area contributed by atoms with Crippen LogP contribution >= 0.6 is 0 Å². The molecule has 20 heavy (non-hydrogen) atoms. The first-order valence-electron chi connectivity index (χ1n) is 7.70. The van der Waals surface area contributed by atoms with Crippen molar-refractivity contribution in [1.82, 2.24) is 10.6 Å². The molecule has 4 nitrogen and oxygen atoms in total. The van der Waals surface area contributed by atoms with Gasteiger partial charge in [-0.25, -0.2) is 0 Å². The Hall–Kier alpha value is -0.610. The zero-order valence-electron chi connectivity index (χ0n) is 15.0. The maximum Gasteiger partial charge on any atom is 0.222 e. The number of nitrogens with one attached hydrogen (secondary N) is 2. The van der Waals surface area contributed by atoms with Gasteiger partial charge in [0.15, 0.2) is 0 Å². The van der Waals surface area contributed by atoms with Gasteiger partial charge in [-0.05, 0) is 41.2 Å². The van der Waals surface area contributed by atoms with Gasteiger partial charge in [-0.2, -0.15) is 0 Å². The Morgan fingerprint density at radius 2 is 1.65 bits per heavy atom. The van der Waals surface area contributed by atoms with E-state index < -0.39 is 0 Å². The van der Waals surface area contributed by atoms with E-state index in [1.165, 1.54) is 0 Å². The molecule has 2 N–H and O–H groups in total. The Kier molecular flexibility index (Phi) is 11.0. The summed E-state index contributed by atoms with van der Waals surface area (Å²) < 4.78 is 5.83. The molecule has 0 heterocycles. The lowest BCUT2D eigenvalue weighted by atomic mass is 9.99. The summed E-state index contributed by atoms with van der Waals surface area (Å²) in [5, 5.41) is 6.15. The van der Waals surface area contributed by atoms with Crippen molar-refractivity contribution >= 4 is 5.91 Å². The molecule has 0 aliphatic carbocycles. The van der Waals surface area contributed by atoms with Gasteiger partial charge in [0.2, 0.25) is 5.91 Å². The Balaban J connectivity index is 0. The quantitative estimate of drug-likeness (QED) is 0.722. The van der Waals surface area contributed by atoms with Crippen molar-refractivity contribution in [2.24, 2.45) is 5.92 Å². The summed E-state index contributed by atoms with van der Waals surface area (Å²) in [6, 6.07) is 0. The highest BCUT2D eigenvalue weighted by Gasteiger charge is 2.24. The highest BCUT2D eigenvalue weighted by atomic mass is 16.5. The zero-order chi connectivity index (χ0) is 16.4. The molecule has 122 valence electrons. The van der Waals surface area contributed by atoms with Gasteiger partial charge in [0, 0.05) is 24.6 Å². The van der Waals surface area contributed by atoms with Crippen molar-refractivity contribution in [2.45, 2.75) is 73.0 Å². The molecule has 0 bridgehead atoms. The minimum Gasteiger partial charge on any atom is -0.374 e. The normalized spacial score (nSPS) is 11.9. The van der Waals surface area contributed by atoms with E-state index in [2.05, 4.69) is 24.5 Å². The van der Waals surface area contributed by atoms with Gasteiger partial charge in [0.25, 0.3) is 0 Å². The van der Waals surface area contributed by atoms with Crippen LogP contribution in [0.4, 0.5) is 0 Å². The summed E-state index contributed by atoms with van der Waals surface area (Å²) in [6.07, 6.45) is 0.804. The SMILES string of the molecule is CC.CNCC(C)(C)OCCC(C)(C)NC(=O)C(C)C. The summed E-state index contributed by atoms with van der Waals surface area (Å²) in [4.78, 5) is 11.7. The number of ether oxygens (including phenoxy) is 1. The van der Waals surface area contributed by atoms with Gasteiger partial charge < -0.3 is 15.4 Å². The minimum absolute atomic E-state index is 0.0194. The zero-order valence-corrected chi connectivity index (χ0v) is 15.0. The van der Waals surface area contributed by atoms with Gasteiger partial charge in [0.1, 0.15) is 0 Å². The van der Waals surface area contributed by atoms with E-state index >= 15 is 0 Å². The van der Waals surface area contributed by atoms with Crippen molar-refractivity contribution in [3.63, 3.8) is 0 Å². The number of likely N-dealkylation sites (N-methyl/N-ethyl adjacent to an activating group) is 1. The second kappa shape index (κ2) is 10.2. The number of amides is 1. The molecule has 0 aliphatic heterocycles. The Morgan fingerprint density at radius 1 is 1.15 bits per heavy atom. The molecule has 0 fully saturated rings. The van der Waals surface area contributed by atoms with Gasteiger partial charge in [0.05, 0.1) is 5.60 Å². The average molecular weight is 288 g/mol. The van der Waals surface area contributed by atoms with E-state index in [0.717, 1.165) is 13.0 Å². The van der Waals surface area contributed by atoms with E-state index in [1.54, 1.807) is 0 Å². The average Bonchev–Trinajstić information content (AvgIpc) is 2.29. The molecule has 0 rings (SSSR count). The largest absolute Gasteiger partial charge is 0.374 e. The van der Waals surface area contributed by atoms with Crippen molar-refractivity contribution in [2.75, 3.05) is 20.2 Å². The van der Waals surface area contributed by atoms with Crippen LogP contribution in [-0.4, -0.2) is 37.2 Å². The topological polar surface area (TPSA) is 50.4 Å². The first-order chi connectivity index (χ1) is 9.09. The molecule has 4 heteroatoms. The molecule has 0 unspecified atom stereocenters. The molecule has 0 aromatic carbocycles. The standard InChI is InChI=1S/C14H30N2O2.C2H6/c1-11(2)12(17)16-13(3,4)8-9-18-14(5,6)10-15-7;1-2/h11,15H,8-10H2,1-7H3,(H,16,17);1-2H3. The lowest BCUT2D eigenvalue weighted by Gasteiger charge is -2.30. The van der Waals surface area contributed by atoms with E-state index in [4.69, 9.17) is 4.74 Å². The van der Waals surface area contributed by atoms with Crippen LogP contribution in [0.15, 0.2) is 0 Å². The second-order valence-electron chi connectivity index (χ2n) is 6.42. The molecule has 0 saturated carbocycles. The third-order valence-electron chi connectivity index (χ3n) is 2.81. The van der Waals surface area contributed by atoms with E-state index in [1.807, 2.05) is 48.6 Å². The summed E-state index contributed by atoms with van der Waals surface area (Å²) in [5.74, 6) is 0.111. The Labute approximate surface area is 126 Å². The summed E-state index contributed by atoms with van der Waals surface area (Å²) in [5.41, 5.74) is -0.399. The number of carbonyl (C=O) groups excluding carboxylic acids is 1. The Bertz CT molecular complexity index is 261. The maximum atomic E-state index is 11.7. The van der Waals surface area contributed by atoms with Crippen molar-refractivity contribution in [3.8, 4) is 0 Å². The number of carbonyl (C=O) groups is 1. The third-order valence-corrected chi connectivity index (χ3v) is 2.81. The van der Waals surface area contributed by atoms with Crippen molar-refractivity contribution in [1.29, 1.82) is 0 Å². The van der Waals surface area contributed by atoms with Gasteiger partial charge in [-0.1, -0.05) is 27.7 Å². The lowest BCUT2D eigenvalue weighted by Crippen LogP contribution is -2.46. The van der Waals surface area contributed by atoms with E-state index in [0.29, 0.717) is 6.61 Å². The second-order valence-corrected chi connectivity index (χ2v) is 6.42. The van der Waals surface area contributed by atoms with E-state index in [9.17, 15) is 4.79 Å². The van der Waals surface area contributed by atoms with Crippen LogP contribution in [0.1, 0.15) is 61.8 Å².